The smallest absolute Gasteiger partial charge is 0.412 e. The predicted molar refractivity (Wildman–Crippen MR) is 114 cm³/mol. The lowest BCUT2D eigenvalue weighted by Gasteiger charge is -2.37. The molecule has 164 valence electrons. The first-order valence-corrected chi connectivity index (χ1v) is 10.5. The maximum absolute atomic E-state index is 13.2. The van der Waals surface area contributed by atoms with Crippen molar-refractivity contribution in [3.05, 3.63) is 29.8 Å². The molecule has 0 saturated heterocycles. The van der Waals surface area contributed by atoms with Crippen LogP contribution in [0.1, 0.15) is 70.9 Å². The summed E-state index contributed by atoms with van der Waals surface area (Å²) in [5.41, 5.74) is 5.47. The number of para-hydroxylation sites is 1. The van der Waals surface area contributed by atoms with E-state index in [4.69, 9.17) is 15.2 Å². The lowest BCUT2D eigenvalue weighted by molar-refractivity contribution is -0.124. The number of hydrogen-bond donors (Lipinski definition) is 1. The van der Waals surface area contributed by atoms with Crippen molar-refractivity contribution < 1.29 is 19.1 Å². The van der Waals surface area contributed by atoms with E-state index in [0.29, 0.717) is 17.7 Å². The molecule has 2 rings (SSSR count). The Kier molecular flexibility index (Phi) is 8.10. The summed E-state index contributed by atoms with van der Waals surface area (Å²) in [5.74, 6) is 0.0956. The minimum Gasteiger partial charge on any atom is -0.496 e. The van der Waals surface area contributed by atoms with Crippen LogP contribution in [-0.2, 0) is 9.53 Å². The Morgan fingerprint density at radius 3 is 2.40 bits per heavy atom. The molecule has 0 radical (unpaired) electrons. The second-order valence-corrected chi connectivity index (χ2v) is 8.82. The molecule has 2 atom stereocenters. The summed E-state index contributed by atoms with van der Waals surface area (Å²) in [6, 6.07) is 7.12. The van der Waals surface area contributed by atoms with Gasteiger partial charge in [-0.2, -0.15) is 5.26 Å². The maximum atomic E-state index is 13.2. The highest BCUT2D eigenvalue weighted by molar-refractivity contribution is 5.85. The van der Waals surface area contributed by atoms with E-state index in [1.54, 1.807) is 45.0 Å². The van der Waals surface area contributed by atoms with Crippen molar-refractivity contribution in [3.63, 3.8) is 0 Å². The molecule has 30 heavy (non-hydrogen) atoms. The Morgan fingerprint density at radius 1 is 1.23 bits per heavy atom. The van der Waals surface area contributed by atoms with Crippen LogP contribution in [0.5, 0.6) is 5.75 Å². The average molecular weight is 416 g/mol. The fourth-order valence-corrected chi connectivity index (χ4v) is 4.01. The van der Waals surface area contributed by atoms with Gasteiger partial charge in [0.25, 0.3) is 0 Å². The van der Waals surface area contributed by atoms with Crippen molar-refractivity contribution in [1.29, 1.82) is 5.26 Å². The van der Waals surface area contributed by atoms with Crippen molar-refractivity contribution >= 4 is 12.0 Å². The van der Waals surface area contributed by atoms with Crippen LogP contribution in [0.3, 0.4) is 0 Å². The van der Waals surface area contributed by atoms with Crippen LogP contribution in [-0.4, -0.2) is 35.7 Å². The molecule has 1 aliphatic carbocycles. The summed E-state index contributed by atoms with van der Waals surface area (Å²) in [6.07, 6.45) is 5.01. The van der Waals surface area contributed by atoms with Gasteiger partial charge in [-0.25, -0.2) is 4.79 Å². The number of primary amides is 1. The molecule has 1 saturated carbocycles. The van der Waals surface area contributed by atoms with Crippen molar-refractivity contribution in [3.8, 4) is 11.8 Å². The zero-order valence-electron chi connectivity index (χ0n) is 18.4. The van der Waals surface area contributed by atoms with Crippen molar-refractivity contribution in [2.24, 2.45) is 11.7 Å². The number of rotatable bonds is 7. The number of carbonyl (C=O) groups excluding carboxylic acids is 2. The molecule has 1 unspecified atom stereocenters. The lowest BCUT2D eigenvalue weighted by Crippen LogP contribution is -2.51. The second-order valence-electron chi connectivity index (χ2n) is 8.82. The fourth-order valence-electron chi connectivity index (χ4n) is 4.01. The number of nitriles is 1. The van der Waals surface area contributed by atoms with Gasteiger partial charge in [-0.1, -0.05) is 50.3 Å². The molecule has 1 aromatic rings. The number of ether oxygens (including phenoxy) is 2. The molecule has 2 amide bonds. The van der Waals surface area contributed by atoms with E-state index in [1.807, 2.05) is 0 Å². The highest BCUT2D eigenvalue weighted by Gasteiger charge is 2.40. The van der Waals surface area contributed by atoms with Crippen LogP contribution >= 0.6 is 0 Å². The van der Waals surface area contributed by atoms with Gasteiger partial charge in [0.1, 0.15) is 17.4 Å². The first-order chi connectivity index (χ1) is 14.2. The Bertz CT molecular complexity index is 775. The molecule has 1 aliphatic rings. The molecule has 2 N–H and O–H groups in total. The van der Waals surface area contributed by atoms with Gasteiger partial charge < -0.3 is 15.2 Å². The van der Waals surface area contributed by atoms with E-state index in [0.717, 1.165) is 25.7 Å². The topological polar surface area (TPSA) is 106 Å². The van der Waals surface area contributed by atoms with Crippen LogP contribution in [0.15, 0.2) is 24.3 Å². The average Bonchev–Trinajstić information content (AvgIpc) is 2.70. The predicted octanol–water partition coefficient (Wildman–Crippen LogP) is 4.32. The zero-order valence-corrected chi connectivity index (χ0v) is 18.4. The third-order valence-electron chi connectivity index (χ3n) is 5.38. The highest BCUT2D eigenvalue weighted by atomic mass is 16.6. The van der Waals surface area contributed by atoms with Crippen molar-refractivity contribution in [1.82, 2.24) is 4.90 Å². The number of nitrogens with zero attached hydrogens (tertiary/aromatic N) is 2. The van der Waals surface area contributed by atoms with Crippen LogP contribution in [0, 0.1) is 17.2 Å². The summed E-state index contributed by atoms with van der Waals surface area (Å²) < 4.78 is 11.0. The van der Waals surface area contributed by atoms with Gasteiger partial charge in [0.2, 0.25) is 5.91 Å². The van der Waals surface area contributed by atoms with Gasteiger partial charge in [0.05, 0.1) is 13.2 Å². The second kappa shape index (κ2) is 10.3. The van der Waals surface area contributed by atoms with E-state index >= 15 is 0 Å². The molecular weight excluding hydrogens is 382 g/mol. The summed E-state index contributed by atoms with van der Waals surface area (Å²) >= 11 is 0. The third-order valence-corrected chi connectivity index (χ3v) is 5.38. The van der Waals surface area contributed by atoms with Gasteiger partial charge in [-0.15, -0.1) is 0 Å². The Hall–Kier alpha value is -2.75. The van der Waals surface area contributed by atoms with Crippen molar-refractivity contribution in [2.75, 3.05) is 7.11 Å². The highest BCUT2D eigenvalue weighted by Crippen LogP contribution is 2.35. The largest absolute Gasteiger partial charge is 0.496 e. The fraction of sp³-hybridized carbons (Fsp3) is 0.609. The van der Waals surface area contributed by atoms with Gasteiger partial charge in [0, 0.05) is 5.56 Å². The summed E-state index contributed by atoms with van der Waals surface area (Å²) in [7, 11) is 1.50. The van der Waals surface area contributed by atoms with E-state index in [1.165, 1.54) is 18.4 Å². The zero-order chi connectivity index (χ0) is 22.3. The van der Waals surface area contributed by atoms with E-state index in [-0.39, 0.29) is 5.92 Å². The number of carbonyl (C=O) groups is 2. The Labute approximate surface area is 179 Å². The van der Waals surface area contributed by atoms with Gasteiger partial charge in [-0.3, -0.25) is 9.69 Å². The number of hydrogen-bond acceptors (Lipinski definition) is 5. The maximum Gasteiger partial charge on any atom is 0.412 e. The Morgan fingerprint density at radius 2 is 1.87 bits per heavy atom. The van der Waals surface area contributed by atoms with Gasteiger partial charge in [-0.05, 0) is 39.2 Å². The van der Waals surface area contributed by atoms with Crippen LogP contribution in [0.2, 0.25) is 0 Å². The van der Waals surface area contributed by atoms with Crippen molar-refractivity contribution in [2.45, 2.75) is 77.0 Å². The SMILES string of the molecule is COc1ccccc1C(C#N)N(C(=O)OC(C)(C)C)[C@@H](CC1CCCCC1)C(N)=O. The molecule has 0 aliphatic heterocycles. The minimum absolute atomic E-state index is 0.276. The Balaban J connectivity index is 2.49. The molecule has 1 aromatic carbocycles. The number of nitrogens with two attached hydrogens (primary N) is 1. The number of amides is 2. The van der Waals surface area contributed by atoms with Crippen LogP contribution < -0.4 is 10.5 Å². The van der Waals surface area contributed by atoms with E-state index in [9.17, 15) is 14.9 Å². The molecule has 0 spiro atoms. The molecular formula is C23H33N3O4. The molecule has 1 fully saturated rings. The van der Waals surface area contributed by atoms with Crippen LogP contribution in [0.4, 0.5) is 4.79 Å². The minimum atomic E-state index is -1.07. The van der Waals surface area contributed by atoms with Gasteiger partial charge in [0.15, 0.2) is 6.04 Å². The number of methoxy groups -OCH3 is 1. The summed E-state index contributed by atoms with van der Waals surface area (Å²) in [4.78, 5) is 27.0. The quantitative estimate of drug-likeness (QED) is 0.714. The molecule has 0 aromatic heterocycles. The summed E-state index contributed by atoms with van der Waals surface area (Å²) in [5, 5.41) is 10.0. The molecule has 0 bridgehead atoms. The van der Waals surface area contributed by atoms with E-state index in [2.05, 4.69) is 6.07 Å². The normalized spacial score (nSPS) is 16.8. The molecule has 7 heteroatoms. The molecule has 0 heterocycles. The number of benzene rings is 1. The van der Waals surface area contributed by atoms with Crippen LogP contribution in [0.25, 0.3) is 0 Å². The summed E-state index contributed by atoms with van der Waals surface area (Å²) in [6.45, 7) is 5.23. The first-order valence-electron chi connectivity index (χ1n) is 10.5. The van der Waals surface area contributed by atoms with E-state index < -0.39 is 29.7 Å². The first kappa shape index (κ1) is 23.5. The van der Waals surface area contributed by atoms with Gasteiger partial charge >= 0.3 is 6.09 Å². The monoisotopic (exact) mass is 415 g/mol. The lowest BCUT2D eigenvalue weighted by atomic mass is 9.84. The molecule has 7 nitrogen and oxygen atoms in total. The third kappa shape index (κ3) is 6.12. The standard InChI is InChI=1S/C23H33N3O4/c1-23(2,3)30-22(28)26(18(21(25)27)14-16-10-6-5-7-11-16)19(15-24)17-12-8-9-13-20(17)29-4/h8-9,12-13,16,18-19H,5-7,10-11,14H2,1-4H3,(H2,25,27)/t18-,19?/m0/s1.